The summed E-state index contributed by atoms with van der Waals surface area (Å²) in [5.41, 5.74) is 2.56. The van der Waals surface area contributed by atoms with E-state index in [4.69, 9.17) is 14.2 Å². The number of carbonyl (C=O) groups excluding carboxylic acids is 1. The van der Waals surface area contributed by atoms with Gasteiger partial charge in [-0.3, -0.25) is 4.79 Å². The minimum absolute atomic E-state index is 0.0765. The van der Waals surface area contributed by atoms with Crippen LogP contribution in [0.2, 0.25) is 0 Å². The van der Waals surface area contributed by atoms with Crippen LogP contribution >= 0.6 is 0 Å². The number of aromatic nitrogens is 2. The van der Waals surface area contributed by atoms with Crippen LogP contribution in [0.15, 0.2) is 36.4 Å². The van der Waals surface area contributed by atoms with Gasteiger partial charge in [-0.15, -0.1) is 0 Å². The summed E-state index contributed by atoms with van der Waals surface area (Å²) >= 11 is 0. The van der Waals surface area contributed by atoms with Crippen molar-refractivity contribution in [1.29, 1.82) is 0 Å². The number of rotatable bonds is 5. The van der Waals surface area contributed by atoms with E-state index in [0.717, 1.165) is 23.3 Å². The van der Waals surface area contributed by atoms with Gasteiger partial charge in [-0.2, -0.15) is 0 Å². The molecule has 1 aromatic heterocycles. The van der Waals surface area contributed by atoms with Crippen LogP contribution in [0.1, 0.15) is 28.6 Å². The first-order chi connectivity index (χ1) is 14.1. The lowest BCUT2D eigenvalue weighted by atomic mass is 10.1. The molecule has 7 nitrogen and oxygen atoms in total. The van der Waals surface area contributed by atoms with Crippen molar-refractivity contribution in [3.05, 3.63) is 47.8 Å². The Morgan fingerprint density at radius 1 is 1.03 bits per heavy atom. The second-order valence-electron chi connectivity index (χ2n) is 7.09. The number of methoxy groups -OCH3 is 3. The fourth-order valence-electron chi connectivity index (χ4n) is 4.20. The van der Waals surface area contributed by atoms with E-state index in [2.05, 4.69) is 15.6 Å². The summed E-state index contributed by atoms with van der Waals surface area (Å²) in [7, 11) is 4.62. The van der Waals surface area contributed by atoms with Gasteiger partial charge in [0.15, 0.2) is 11.5 Å². The number of ether oxygens (including phenoxy) is 3. The molecule has 1 atom stereocenters. The number of fused-ring (bicyclic) bond motifs is 1. The first-order valence-corrected chi connectivity index (χ1v) is 9.60. The number of likely N-dealkylation sites (tertiary alicyclic amines) is 1. The topological polar surface area (TPSA) is 65.8 Å². The molecule has 1 fully saturated rings. The van der Waals surface area contributed by atoms with Crippen molar-refractivity contribution in [1.82, 2.24) is 14.5 Å². The van der Waals surface area contributed by atoms with E-state index in [1.807, 2.05) is 30.0 Å². The lowest BCUT2D eigenvalue weighted by Crippen LogP contribution is -2.29. The van der Waals surface area contributed by atoms with Crippen molar-refractivity contribution in [2.45, 2.75) is 19.4 Å². The van der Waals surface area contributed by atoms with Crippen molar-refractivity contribution in [3.8, 4) is 17.2 Å². The van der Waals surface area contributed by atoms with Crippen LogP contribution in [-0.2, 0) is 0 Å². The smallest absolute Gasteiger partial charge is 0.257 e. The molecule has 0 aliphatic carbocycles. The van der Waals surface area contributed by atoms with Crippen LogP contribution in [0.4, 0.5) is 0 Å². The van der Waals surface area contributed by atoms with Gasteiger partial charge in [-0.1, -0.05) is 12.1 Å². The molecule has 1 amide bonds. The Morgan fingerprint density at radius 2 is 1.79 bits per heavy atom. The maximum atomic E-state index is 13.3. The van der Waals surface area contributed by atoms with Gasteiger partial charge in [0, 0.05) is 13.1 Å². The molecule has 4 rings (SSSR count). The summed E-state index contributed by atoms with van der Waals surface area (Å²) in [4.78, 5) is 19.8. The van der Waals surface area contributed by atoms with E-state index in [1.165, 1.54) is 14.2 Å². The molecule has 152 valence electrons. The van der Waals surface area contributed by atoms with E-state index in [-0.39, 0.29) is 11.9 Å². The minimum atomic E-state index is -0.0765. The molecular weight excluding hydrogens is 370 g/mol. The molecule has 0 saturated carbocycles. The Labute approximate surface area is 169 Å². The van der Waals surface area contributed by atoms with Crippen molar-refractivity contribution in [2.75, 3.05) is 34.4 Å². The molecule has 0 bridgehead atoms. The molecule has 1 saturated heterocycles. The molecule has 0 radical (unpaired) electrons. The molecule has 29 heavy (non-hydrogen) atoms. The van der Waals surface area contributed by atoms with Crippen molar-refractivity contribution >= 4 is 16.9 Å². The molecule has 0 N–H and O–H groups in total. The van der Waals surface area contributed by atoms with Crippen LogP contribution < -0.4 is 14.2 Å². The number of carbonyl (C=O) groups is 1. The largest absolute Gasteiger partial charge is 0.493 e. The quantitative estimate of drug-likeness (QED) is 0.662. The number of hydrogen-bond donors (Lipinski definition) is 0. The molecule has 2 aromatic carbocycles. The Kier molecular flexibility index (Phi) is 5.05. The van der Waals surface area contributed by atoms with Gasteiger partial charge in [0.2, 0.25) is 5.75 Å². The summed E-state index contributed by atoms with van der Waals surface area (Å²) in [6.07, 6.45) is 0.878. The summed E-state index contributed by atoms with van der Waals surface area (Å²) in [6, 6.07) is 11.8. The SMILES string of the molecule is COc1ccc(C(=O)N2CCC(n3c(C)nc4ccccc43)C2)c(OC)c1OC. The van der Waals surface area contributed by atoms with E-state index < -0.39 is 0 Å². The van der Waals surface area contributed by atoms with Crippen LogP contribution in [0.25, 0.3) is 11.0 Å². The number of nitrogens with zero attached hydrogens (tertiary/aromatic N) is 3. The number of para-hydroxylation sites is 2. The maximum Gasteiger partial charge on any atom is 0.257 e. The Bertz CT molecular complexity index is 1060. The summed E-state index contributed by atoms with van der Waals surface area (Å²) in [5, 5.41) is 0. The monoisotopic (exact) mass is 395 g/mol. The van der Waals surface area contributed by atoms with Crippen molar-refractivity contribution < 1.29 is 19.0 Å². The maximum absolute atomic E-state index is 13.3. The number of imidazole rings is 1. The molecule has 7 heteroatoms. The predicted octanol–water partition coefficient (Wildman–Crippen LogP) is 3.46. The third-order valence-electron chi connectivity index (χ3n) is 5.52. The van der Waals surface area contributed by atoms with Crippen molar-refractivity contribution in [3.63, 3.8) is 0 Å². The third-order valence-corrected chi connectivity index (χ3v) is 5.52. The van der Waals surface area contributed by atoms with Gasteiger partial charge in [-0.25, -0.2) is 4.98 Å². The number of aryl methyl sites for hydroxylation is 1. The molecule has 2 heterocycles. The van der Waals surface area contributed by atoms with Crippen LogP contribution in [-0.4, -0.2) is 54.8 Å². The van der Waals surface area contributed by atoms with Gasteiger partial charge in [0.25, 0.3) is 5.91 Å². The van der Waals surface area contributed by atoms with Crippen LogP contribution in [0.3, 0.4) is 0 Å². The zero-order chi connectivity index (χ0) is 20.5. The van der Waals surface area contributed by atoms with E-state index in [0.29, 0.717) is 35.9 Å². The van der Waals surface area contributed by atoms with Gasteiger partial charge < -0.3 is 23.7 Å². The Hall–Kier alpha value is -3.22. The fourth-order valence-corrected chi connectivity index (χ4v) is 4.20. The normalized spacial score (nSPS) is 16.3. The van der Waals surface area contributed by atoms with Crippen molar-refractivity contribution in [2.24, 2.45) is 0 Å². The van der Waals surface area contributed by atoms with Crippen LogP contribution in [0.5, 0.6) is 17.2 Å². The first kappa shape index (κ1) is 19.1. The van der Waals surface area contributed by atoms with E-state index in [9.17, 15) is 4.79 Å². The highest BCUT2D eigenvalue weighted by Crippen LogP contribution is 2.40. The predicted molar refractivity (Wildman–Crippen MR) is 110 cm³/mol. The lowest BCUT2D eigenvalue weighted by Gasteiger charge is -2.21. The second kappa shape index (κ2) is 7.66. The standard InChI is InChI=1S/C22H25N3O4/c1-14-23-17-7-5-6-8-18(17)25(14)15-11-12-24(13-15)22(26)16-9-10-19(27-2)21(29-4)20(16)28-3/h5-10,15H,11-13H2,1-4H3. The first-order valence-electron chi connectivity index (χ1n) is 9.60. The van der Waals surface area contributed by atoms with Gasteiger partial charge in [0.05, 0.1) is 44.0 Å². The number of benzene rings is 2. The molecule has 1 aliphatic heterocycles. The summed E-state index contributed by atoms with van der Waals surface area (Å²) in [5.74, 6) is 2.24. The van der Waals surface area contributed by atoms with Crippen LogP contribution in [0, 0.1) is 6.92 Å². The van der Waals surface area contributed by atoms with E-state index in [1.54, 1.807) is 19.2 Å². The van der Waals surface area contributed by atoms with Gasteiger partial charge in [-0.05, 0) is 37.6 Å². The zero-order valence-corrected chi connectivity index (χ0v) is 17.1. The molecule has 1 unspecified atom stereocenters. The highest BCUT2D eigenvalue weighted by molar-refractivity contribution is 5.98. The average Bonchev–Trinajstić information content (AvgIpc) is 3.35. The van der Waals surface area contributed by atoms with Gasteiger partial charge >= 0.3 is 0 Å². The number of hydrogen-bond acceptors (Lipinski definition) is 5. The molecular formula is C22H25N3O4. The molecule has 3 aromatic rings. The Balaban J connectivity index is 1.63. The lowest BCUT2D eigenvalue weighted by molar-refractivity contribution is 0.0783. The second-order valence-corrected chi connectivity index (χ2v) is 7.09. The summed E-state index contributed by atoms with van der Waals surface area (Å²) < 4.78 is 18.5. The zero-order valence-electron chi connectivity index (χ0n) is 17.1. The molecule has 1 aliphatic rings. The molecule has 0 spiro atoms. The number of amides is 1. The Morgan fingerprint density at radius 3 is 2.52 bits per heavy atom. The van der Waals surface area contributed by atoms with E-state index >= 15 is 0 Å². The van der Waals surface area contributed by atoms with Gasteiger partial charge in [0.1, 0.15) is 5.82 Å². The minimum Gasteiger partial charge on any atom is -0.493 e. The highest BCUT2D eigenvalue weighted by atomic mass is 16.5. The highest BCUT2D eigenvalue weighted by Gasteiger charge is 2.32. The third kappa shape index (κ3) is 3.16. The average molecular weight is 395 g/mol. The fraction of sp³-hybridized carbons (Fsp3) is 0.364. The summed E-state index contributed by atoms with van der Waals surface area (Å²) in [6.45, 7) is 3.31.